The zero-order valence-corrected chi connectivity index (χ0v) is 9.75. The largest absolute Gasteiger partial charge is 0.453 e. The van der Waals surface area contributed by atoms with Gasteiger partial charge in [0.2, 0.25) is 0 Å². The van der Waals surface area contributed by atoms with Crippen LogP contribution in [-0.2, 0) is 9.53 Å². The number of carbonyl (C=O) groups is 2. The summed E-state index contributed by atoms with van der Waals surface area (Å²) in [6.45, 7) is 1.40. The van der Waals surface area contributed by atoms with Gasteiger partial charge in [0.25, 0.3) is 0 Å². The summed E-state index contributed by atoms with van der Waals surface area (Å²) >= 11 is 5.73. The lowest BCUT2D eigenvalue weighted by atomic mass is 10.0. The van der Waals surface area contributed by atoms with E-state index in [4.69, 9.17) is 11.6 Å². The Morgan fingerprint density at radius 1 is 1.31 bits per heavy atom. The van der Waals surface area contributed by atoms with Gasteiger partial charge in [-0.05, 0) is 24.6 Å². The van der Waals surface area contributed by atoms with E-state index in [-0.39, 0.29) is 5.78 Å². The van der Waals surface area contributed by atoms with Crippen molar-refractivity contribution in [1.82, 2.24) is 5.32 Å². The second-order valence-electron chi connectivity index (χ2n) is 3.23. The molecule has 0 heterocycles. The Balaban J connectivity index is 2.89. The lowest BCUT2D eigenvalue weighted by Crippen LogP contribution is -2.32. The van der Waals surface area contributed by atoms with E-state index >= 15 is 0 Å². The molecule has 1 aromatic rings. The van der Waals surface area contributed by atoms with Crippen LogP contribution < -0.4 is 5.32 Å². The summed E-state index contributed by atoms with van der Waals surface area (Å²) in [5, 5.41) is 3.02. The van der Waals surface area contributed by atoms with Crippen molar-refractivity contribution in [3.63, 3.8) is 0 Å². The van der Waals surface area contributed by atoms with E-state index in [2.05, 4.69) is 10.1 Å². The highest BCUT2D eigenvalue weighted by atomic mass is 35.5. The van der Waals surface area contributed by atoms with Gasteiger partial charge in [0.1, 0.15) is 6.04 Å². The Hall–Kier alpha value is -1.55. The summed E-state index contributed by atoms with van der Waals surface area (Å²) in [4.78, 5) is 22.4. The molecule has 86 valence electrons. The van der Waals surface area contributed by atoms with E-state index in [0.717, 1.165) is 0 Å². The molecule has 0 aliphatic carbocycles. The summed E-state index contributed by atoms with van der Waals surface area (Å²) in [7, 11) is 1.24. The molecule has 1 N–H and O–H groups in total. The average Bonchev–Trinajstić information content (AvgIpc) is 2.26. The minimum absolute atomic E-state index is 0.173. The molecule has 1 unspecified atom stereocenters. The van der Waals surface area contributed by atoms with Crippen LogP contribution in [0.4, 0.5) is 4.79 Å². The van der Waals surface area contributed by atoms with E-state index in [1.54, 1.807) is 24.3 Å². The Labute approximate surface area is 98.5 Å². The maximum atomic E-state index is 11.4. The van der Waals surface area contributed by atoms with Crippen LogP contribution in [0.2, 0.25) is 5.02 Å². The SMILES string of the molecule is COC(=O)NC(C(C)=O)c1ccc(Cl)cc1. The fourth-order valence-electron chi connectivity index (χ4n) is 1.25. The number of Topliss-reactive ketones (excluding diaryl/α,β-unsaturated/α-hetero) is 1. The van der Waals surface area contributed by atoms with Crippen molar-refractivity contribution < 1.29 is 14.3 Å². The molecule has 1 aromatic carbocycles. The van der Waals surface area contributed by atoms with Crippen LogP contribution in [0.1, 0.15) is 18.5 Å². The van der Waals surface area contributed by atoms with Gasteiger partial charge in [0.15, 0.2) is 5.78 Å². The number of amides is 1. The molecular weight excluding hydrogens is 230 g/mol. The number of alkyl carbamates (subject to hydrolysis) is 1. The first kappa shape index (κ1) is 12.5. The second kappa shape index (κ2) is 5.51. The normalized spacial score (nSPS) is 11.7. The monoisotopic (exact) mass is 241 g/mol. The molecule has 16 heavy (non-hydrogen) atoms. The van der Waals surface area contributed by atoms with Gasteiger partial charge < -0.3 is 10.1 Å². The van der Waals surface area contributed by atoms with Crippen molar-refractivity contribution in [2.75, 3.05) is 7.11 Å². The molecule has 0 saturated carbocycles. The Kier molecular flexibility index (Phi) is 4.31. The fourth-order valence-corrected chi connectivity index (χ4v) is 1.38. The van der Waals surface area contributed by atoms with Gasteiger partial charge in [-0.1, -0.05) is 23.7 Å². The summed E-state index contributed by atoms with van der Waals surface area (Å²) < 4.78 is 4.45. The summed E-state index contributed by atoms with van der Waals surface area (Å²) in [6, 6.07) is 5.98. The molecule has 0 radical (unpaired) electrons. The molecule has 0 aromatic heterocycles. The maximum absolute atomic E-state index is 11.4. The minimum Gasteiger partial charge on any atom is -0.453 e. The Morgan fingerprint density at radius 2 is 1.88 bits per heavy atom. The molecule has 0 aliphatic heterocycles. The van der Waals surface area contributed by atoms with Crippen LogP contribution in [0.15, 0.2) is 24.3 Å². The standard InChI is InChI=1S/C11H12ClNO3/c1-7(14)10(13-11(15)16-2)8-3-5-9(12)6-4-8/h3-6,10H,1-2H3,(H,13,15). The van der Waals surface area contributed by atoms with Crippen molar-refractivity contribution in [3.8, 4) is 0 Å². The highest BCUT2D eigenvalue weighted by Crippen LogP contribution is 2.17. The average molecular weight is 242 g/mol. The third kappa shape index (κ3) is 3.24. The zero-order chi connectivity index (χ0) is 12.1. The predicted molar refractivity (Wildman–Crippen MR) is 60.4 cm³/mol. The van der Waals surface area contributed by atoms with Crippen LogP contribution in [0.5, 0.6) is 0 Å². The Bertz CT molecular complexity index is 389. The van der Waals surface area contributed by atoms with Crippen LogP contribution in [0, 0.1) is 0 Å². The molecule has 4 nitrogen and oxygen atoms in total. The highest BCUT2D eigenvalue weighted by molar-refractivity contribution is 6.30. The number of carbonyl (C=O) groups excluding carboxylic acids is 2. The Morgan fingerprint density at radius 3 is 2.31 bits per heavy atom. The van der Waals surface area contributed by atoms with Gasteiger partial charge in [-0.3, -0.25) is 4.79 Å². The van der Waals surface area contributed by atoms with E-state index < -0.39 is 12.1 Å². The molecule has 0 spiro atoms. The predicted octanol–water partition coefficient (Wildman–Crippen LogP) is 2.33. The number of ketones is 1. The van der Waals surface area contributed by atoms with Gasteiger partial charge in [-0.15, -0.1) is 0 Å². The van der Waals surface area contributed by atoms with Gasteiger partial charge in [0, 0.05) is 5.02 Å². The molecule has 1 atom stereocenters. The van der Waals surface area contributed by atoms with E-state index in [1.165, 1.54) is 14.0 Å². The molecule has 0 bridgehead atoms. The summed E-state index contributed by atoms with van der Waals surface area (Å²) in [6.07, 6.45) is -0.643. The topological polar surface area (TPSA) is 55.4 Å². The first-order chi connectivity index (χ1) is 7.54. The molecule has 0 fully saturated rings. The third-order valence-electron chi connectivity index (χ3n) is 2.06. The molecule has 1 amide bonds. The maximum Gasteiger partial charge on any atom is 0.407 e. The van der Waals surface area contributed by atoms with Crippen molar-refractivity contribution in [2.45, 2.75) is 13.0 Å². The molecule has 0 aliphatic rings. The van der Waals surface area contributed by atoms with Gasteiger partial charge in [-0.2, -0.15) is 0 Å². The highest BCUT2D eigenvalue weighted by Gasteiger charge is 2.19. The number of methoxy groups -OCH3 is 1. The second-order valence-corrected chi connectivity index (χ2v) is 3.67. The van der Waals surface area contributed by atoms with Crippen molar-refractivity contribution in [2.24, 2.45) is 0 Å². The number of hydrogen-bond donors (Lipinski definition) is 1. The first-order valence-electron chi connectivity index (χ1n) is 4.65. The number of ether oxygens (including phenoxy) is 1. The van der Waals surface area contributed by atoms with E-state index in [9.17, 15) is 9.59 Å². The number of nitrogens with one attached hydrogen (secondary N) is 1. The number of halogens is 1. The number of hydrogen-bond acceptors (Lipinski definition) is 3. The van der Waals surface area contributed by atoms with E-state index in [1.807, 2.05) is 0 Å². The van der Waals surface area contributed by atoms with E-state index in [0.29, 0.717) is 10.6 Å². The lowest BCUT2D eigenvalue weighted by Gasteiger charge is -2.15. The minimum atomic E-state index is -0.704. The molecule has 5 heteroatoms. The third-order valence-corrected chi connectivity index (χ3v) is 2.31. The summed E-state index contributed by atoms with van der Waals surface area (Å²) in [5.41, 5.74) is 0.669. The molecular formula is C11H12ClNO3. The van der Waals surface area contributed by atoms with Gasteiger partial charge >= 0.3 is 6.09 Å². The smallest absolute Gasteiger partial charge is 0.407 e. The van der Waals surface area contributed by atoms with Gasteiger partial charge in [0.05, 0.1) is 7.11 Å². The van der Waals surface area contributed by atoms with Crippen LogP contribution in [-0.4, -0.2) is 19.0 Å². The molecule has 0 saturated heterocycles. The summed E-state index contributed by atoms with van der Waals surface area (Å²) in [5.74, 6) is -0.173. The van der Waals surface area contributed by atoms with Crippen molar-refractivity contribution >= 4 is 23.5 Å². The first-order valence-corrected chi connectivity index (χ1v) is 5.02. The molecule has 1 rings (SSSR count). The van der Waals surface area contributed by atoms with Crippen LogP contribution >= 0.6 is 11.6 Å². The van der Waals surface area contributed by atoms with Crippen molar-refractivity contribution in [3.05, 3.63) is 34.9 Å². The van der Waals surface area contributed by atoms with Crippen LogP contribution in [0.25, 0.3) is 0 Å². The van der Waals surface area contributed by atoms with Gasteiger partial charge in [-0.25, -0.2) is 4.79 Å². The fraction of sp³-hybridized carbons (Fsp3) is 0.273. The quantitative estimate of drug-likeness (QED) is 0.884. The van der Waals surface area contributed by atoms with Crippen LogP contribution in [0.3, 0.4) is 0 Å². The zero-order valence-electron chi connectivity index (χ0n) is 8.99. The number of rotatable bonds is 3. The van der Waals surface area contributed by atoms with Crippen molar-refractivity contribution in [1.29, 1.82) is 0 Å². The lowest BCUT2D eigenvalue weighted by molar-refractivity contribution is -0.119. The number of benzene rings is 1.